The lowest BCUT2D eigenvalue weighted by Crippen LogP contribution is -1.89. The molecule has 0 aliphatic heterocycles. The van der Waals surface area contributed by atoms with Crippen LogP contribution in [0.1, 0.15) is 30.9 Å². The molecule has 2 aromatic rings. The van der Waals surface area contributed by atoms with Gasteiger partial charge in [0.05, 0.1) is 5.69 Å². The SMILES string of the molecule is CC(C)c1cc(O)ccc1/N=C/c1cc(Br)ccc1O. The maximum absolute atomic E-state index is 9.78. The Kier molecular flexibility index (Phi) is 4.45. The number of aliphatic imine (C=N–C) groups is 1. The number of nitrogens with zero attached hydrogens (tertiary/aromatic N) is 1. The summed E-state index contributed by atoms with van der Waals surface area (Å²) in [6.45, 7) is 4.09. The highest BCUT2D eigenvalue weighted by Crippen LogP contribution is 2.30. The van der Waals surface area contributed by atoms with Crippen molar-refractivity contribution in [1.82, 2.24) is 0 Å². The highest BCUT2D eigenvalue weighted by atomic mass is 79.9. The topological polar surface area (TPSA) is 52.8 Å². The molecule has 0 radical (unpaired) electrons. The van der Waals surface area contributed by atoms with Crippen molar-refractivity contribution >= 4 is 27.8 Å². The van der Waals surface area contributed by atoms with E-state index in [1.165, 1.54) is 0 Å². The van der Waals surface area contributed by atoms with Gasteiger partial charge in [0.1, 0.15) is 11.5 Å². The minimum atomic E-state index is 0.182. The summed E-state index contributed by atoms with van der Waals surface area (Å²) in [5.74, 6) is 0.671. The molecule has 104 valence electrons. The summed E-state index contributed by atoms with van der Waals surface area (Å²) in [7, 11) is 0. The Morgan fingerprint density at radius 2 is 1.85 bits per heavy atom. The smallest absolute Gasteiger partial charge is 0.124 e. The van der Waals surface area contributed by atoms with Crippen LogP contribution in [0.3, 0.4) is 0 Å². The van der Waals surface area contributed by atoms with Crippen molar-refractivity contribution in [2.24, 2.45) is 4.99 Å². The van der Waals surface area contributed by atoms with Gasteiger partial charge in [-0.25, -0.2) is 0 Å². The maximum Gasteiger partial charge on any atom is 0.124 e. The maximum atomic E-state index is 9.78. The van der Waals surface area contributed by atoms with Crippen molar-refractivity contribution < 1.29 is 10.2 Å². The van der Waals surface area contributed by atoms with E-state index < -0.39 is 0 Å². The van der Waals surface area contributed by atoms with Crippen LogP contribution in [0.25, 0.3) is 0 Å². The van der Waals surface area contributed by atoms with Gasteiger partial charge in [-0.1, -0.05) is 29.8 Å². The first-order valence-electron chi connectivity index (χ1n) is 6.33. The van der Waals surface area contributed by atoms with Crippen LogP contribution >= 0.6 is 15.9 Å². The molecule has 0 bridgehead atoms. The van der Waals surface area contributed by atoms with E-state index in [9.17, 15) is 10.2 Å². The molecule has 2 aromatic carbocycles. The average Bonchev–Trinajstić information content (AvgIpc) is 2.40. The number of aromatic hydroxyl groups is 2. The lowest BCUT2D eigenvalue weighted by Gasteiger charge is -2.09. The summed E-state index contributed by atoms with van der Waals surface area (Å²) in [6, 6.07) is 10.3. The van der Waals surface area contributed by atoms with Gasteiger partial charge < -0.3 is 10.2 Å². The summed E-state index contributed by atoms with van der Waals surface area (Å²) in [5.41, 5.74) is 2.40. The summed E-state index contributed by atoms with van der Waals surface area (Å²) in [4.78, 5) is 4.42. The third-order valence-corrected chi connectivity index (χ3v) is 3.46. The first-order chi connectivity index (χ1) is 9.47. The van der Waals surface area contributed by atoms with Crippen LogP contribution in [0.2, 0.25) is 0 Å². The van der Waals surface area contributed by atoms with Crippen LogP contribution in [-0.2, 0) is 0 Å². The van der Waals surface area contributed by atoms with E-state index >= 15 is 0 Å². The summed E-state index contributed by atoms with van der Waals surface area (Å²) in [5, 5.41) is 19.3. The Labute approximate surface area is 126 Å². The van der Waals surface area contributed by atoms with E-state index in [2.05, 4.69) is 20.9 Å². The molecule has 4 heteroatoms. The number of rotatable bonds is 3. The Balaban J connectivity index is 2.38. The fourth-order valence-electron chi connectivity index (χ4n) is 1.89. The molecule has 0 amide bonds. The van der Waals surface area contributed by atoms with Crippen molar-refractivity contribution in [2.75, 3.05) is 0 Å². The van der Waals surface area contributed by atoms with Crippen molar-refractivity contribution in [1.29, 1.82) is 0 Å². The van der Waals surface area contributed by atoms with Gasteiger partial charge in [0, 0.05) is 16.3 Å². The van der Waals surface area contributed by atoms with Gasteiger partial charge in [0.25, 0.3) is 0 Å². The average molecular weight is 334 g/mol. The molecule has 0 unspecified atom stereocenters. The number of hydrogen-bond donors (Lipinski definition) is 2. The molecule has 2 N–H and O–H groups in total. The Morgan fingerprint density at radius 1 is 1.10 bits per heavy atom. The fourth-order valence-corrected chi connectivity index (χ4v) is 2.27. The second-order valence-corrected chi connectivity index (χ2v) is 5.77. The first-order valence-corrected chi connectivity index (χ1v) is 7.12. The predicted molar refractivity (Wildman–Crippen MR) is 85.3 cm³/mol. The molecule has 0 aliphatic rings. The third-order valence-electron chi connectivity index (χ3n) is 2.97. The lowest BCUT2D eigenvalue weighted by molar-refractivity contribution is 0.473. The summed E-state index contributed by atoms with van der Waals surface area (Å²) < 4.78 is 0.881. The van der Waals surface area contributed by atoms with Gasteiger partial charge in [-0.3, -0.25) is 4.99 Å². The van der Waals surface area contributed by atoms with Crippen LogP contribution in [-0.4, -0.2) is 16.4 Å². The minimum absolute atomic E-state index is 0.182. The van der Waals surface area contributed by atoms with Crippen LogP contribution in [0.15, 0.2) is 45.9 Å². The van der Waals surface area contributed by atoms with Gasteiger partial charge >= 0.3 is 0 Å². The monoisotopic (exact) mass is 333 g/mol. The van der Waals surface area contributed by atoms with E-state index in [1.54, 1.807) is 42.6 Å². The second-order valence-electron chi connectivity index (χ2n) is 4.86. The third kappa shape index (κ3) is 3.39. The van der Waals surface area contributed by atoms with Gasteiger partial charge in [0.2, 0.25) is 0 Å². The molecule has 2 rings (SSSR count). The molecule has 0 atom stereocenters. The molecule has 0 aliphatic carbocycles. The molecule has 0 saturated heterocycles. The number of benzene rings is 2. The molecule has 3 nitrogen and oxygen atoms in total. The Bertz CT molecular complexity index is 651. The number of phenols is 2. The summed E-state index contributed by atoms with van der Waals surface area (Å²) >= 11 is 3.36. The van der Waals surface area contributed by atoms with Gasteiger partial charge in [0.15, 0.2) is 0 Å². The van der Waals surface area contributed by atoms with Gasteiger partial charge in [-0.15, -0.1) is 0 Å². The predicted octanol–water partition coefficient (Wildman–Crippen LogP) is 4.73. The lowest BCUT2D eigenvalue weighted by atomic mass is 10.0. The van der Waals surface area contributed by atoms with Crippen molar-refractivity contribution in [2.45, 2.75) is 19.8 Å². The second kappa shape index (κ2) is 6.09. The largest absolute Gasteiger partial charge is 0.508 e. The van der Waals surface area contributed by atoms with Crippen molar-refractivity contribution in [3.05, 3.63) is 52.0 Å². The zero-order valence-corrected chi connectivity index (χ0v) is 12.9. The van der Waals surface area contributed by atoms with E-state index in [1.807, 2.05) is 13.8 Å². The van der Waals surface area contributed by atoms with Crippen LogP contribution in [0.4, 0.5) is 5.69 Å². The highest BCUT2D eigenvalue weighted by Gasteiger charge is 2.07. The normalized spacial score (nSPS) is 11.4. The van der Waals surface area contributed by atoms with E-state index in [-0.39, 0.29) is 17.4 Å². The number of phenolic OH excluding ortho intramolecular Hbond substituents is 2. The van der Waals surface area contributed by atoms with E-state index in [0.717, 1.165) is 15.7 Å². The van der Waals surface area contributed by atoms with Crippen LogP contribution in [0.5, 0.6) is 11.5 Å². The molecule has 0 fully saturated rings. The zero-order valence-electron chi connectivity index (χ0n) is 11.3. The van der Waals surface area contributed by atoms with Crippen molar-refractivity contribution in [3.8, 4) is 11.5 Å². The summed E-state index contributed by atoms with van der Waals surface area (Å²) in [6.07, 6.45) is 1.62. The minimum Gasteiger partial charge on any atom is -0.508 e. The van der Waals surface area contributed by atoms with Gasteiger partial charge in [-0.2, -0.15) is 0 Å². The molecule has 0 heterocycles. The molecular weight excluding hydrogens is 318 g/mol. The van der Waals surface area contributed by atoms with E-state index in [0.29, 0.717) is 5.56 Å². The van der Waals surface area contributed by atoms with Crippen LogP contribution in [0, 0.1) is 0 Å². The van der Waals surface area contributed by atoms with Crippen molar-refractivity contribution in [3.63, 3.8) is 0 Å². The van der Waals surface area contributed by atoms with E-state index in [4.69, 9.17) is 0 Å². The molecular formula is C16H16BrNO2. The van der Waals surface area contributed by atoms with Gasteiger partial charge in [-0.05, 0) is 47.9 Å². The Morgan fingerprint density at radius 3 is 2.55 bits per heavy atom. The molecule has 0 saturated carbocycles. The first kappa shape index (κ1) is 14.6. The highest BCUT2D eigenvalue weighted by molar-refractivity contribution is 9.10. The number of hydrogen-bond acceptors (Lipinski definition) is 3. The molecule has 0 aromatic heterocycles. The standard InChI is InChI=1S/C16H16BrNO2/c1-10(2)14-8-13(19)4-5-15(14)18-9-11-7-12(17)3-6-16(11)20/h3-10,19-20H,1-2H3/b18-9+. The number of halogens is 1. The molecule has 20 heavy (non-hydrogen) atoms. The molecule has 0 spiro atoms. The van der Waals surface area contributed by atoms with Crippen LogP contribution < -0.4 is 0 Å². The zero-order chi connectivity index (χ0) is 14.7. The fraction of sp³-hybridized carbons (Fsp3) is 0.188. The Hall–Kier alpha value is -1.81. The quantitative estimate of drug-likeness (QED) is 0.797.